The van der Waals surface area contributed by atoms with Gasteiger partial charge in [0.2, 0.25) is 9.84 Å². The molecule has 0 spiro atoms. The lowest BCUT2D eigenvalue weighted by Gasteiger charge is -2.10. The van der Waals surface area contributed by atoms with Gasteiger partial charge in [-0.3, -0.25) is 9.59 Å². The fourth-order valence-electron chi connectivity index (χ4n) is 6.33. The second kappa shape index (κ2) is 33.4. The second-order valence-corrected chi connectivity index (χ2v) is 16.8. The number of hydrogen-bond donors (Lipinski definition) is 0. The minimum atomic E-state index is -3.75. The van der Waals surface area contributed by atoms with Crippen LogP contribution in [0.5, 0.6) is 11.5 Å². The minimum absolute atomic E-state index is 0.137. The van der Waals surface area contributed by atoms with Gasteiger partial charge in [-0.1, -0.05) is 128 Å². The van der Waals surface area contributed by atoms with Gasteiger partial charge in [-0.05, 0) is 99.9 Å². The standard InChI is InChI=1S/C48H74O8S/c1-3-5-7-9-11-13-15-17-19-21-23-25-27-29-47(49)55-41-39-53-43-31-35-45(36-32-43)57(51,52)46-37-33-44(34-38-46)54-40-42-56-48(50)30-28-26-24-22-20-18-16-14-12-10-8-6-4-2/h7-10,31-38H,3-6,11-30,39-42H2,1-2H3/b9-7+,10-8+. The molecule has 0 aliphatic carbocycles. The largest absolute Gasteiger partial charge is 0.490 e. The van der Waals surface area contributed by atoms with E-state index >= 15 is 0 Å². The highest BCUT2D eigenvalue weighted by molar-refractivity contribution is 7.91. The number of hydrogen-bond acceptors (Lipinski definition) is 8. The van der Waals surface area contributed by atoms with Crippen molar-refractivity contribution in [1.29, 1.82) is 0 Å². The third-order valence-corrected chi connectivity index (χ3v) is 11.5. The number of carbonyl (C=O) groups excluding carboxylic acids is 2. The fraction of sp³-hybridized carbons (Fsp3) is 0.625. The van der Waals surface area contributed by atoms with Crippen LogP contribution in [0, 0.1) is 0 Å². The first kappa shape index (κ1) is 49.6. The summed E-state index contributed by atoms with van der Waals surface area (Å²) >= 11 is 0. The van der Waals surface area contributed by atoms with Crippen LogP contribution in [-0.2, 0) is 28.9 Å². The molecule has 0 amide bonds. The average molecular weight is 811 g/mol. The summed E-state index contributed by atoms with van der Waals surface area (Å²) in [6.07, 6.45) is 35.9. The molecule has 0 heterocycles. The van der Waals surface area contributed by atoms with Gasteiger partial charge in [0.15, 0.2) is 0 Å². The van der Waals surface area contributed by atoms with Crippen molar-refractivity contribution in [2.24, 2.45) is 0 Å². The zero-order chi connectivity index (χ0) is 41.1. The van der Waals surface area contributed by atoms with E-state index in [0.717, 1.165) is 38.5 Å². The normalized spacial score (nSPS) is 11.7. The summed E-state index contributed by atoms with van der Waals surface area (Å²) in [5.74, 6) is 0.547. The predicted molar refractivity (Wildman–Crippen MR) is 232 cm³/mol. The lowest BCUT2D eigenvalue weighted by molar-refractivity contribution is -0.145. The Morgan fingerprint density at radius 3 is 1.11 bits per heavy atom. The van der Waals surface area contributed by atoms with Gasteiger partial charge in [0, 0.05) is 12.8 Å². The number of allylic oxidation sites excluding steroid dienone is 4. The van der Waals surface area contributed by atoms with Crippen molar-refractivity contribution in [2.75, 3.05) is 26.4 Å². The molecule has 2 aromatic carbocycles. The van der Waals surface area contributed by atoms with E-state index in [0.29, 0.717) is 24.3 Å². The SMILES string of the molecule is CCC/C=C/CCCCCCCCCCC(=O)OCCOc1ccc(S(=O)(=O)c2ccc(OCCOC(=O)CCCCCCCCCC/C=C/CCC)cc2)cc1. The molecular formula is C48H74O8S. The third kappa shape index (κ3) is 25.4. The predicted octanol–water partition coefficient (Wildman–Crippen LogP) is 12.9. The molecule has 0 N–H and O–H groups in total. The Balaban J connectivity index is 1.51. The van der Waals surface area contributed by atoms with E-state index in [1.54, 1.807) is 24.3 Å². The molecule has 2 aromatic rings. The van der Waals surface area contributed by atoms with E-state index in [1.807, 2.05) is 0 Å². The molecule has 0 unspecified atom stereocenters. The van der Waals surface area contributed by atoms with E-state index in [-0.39, 0.29) is 48.2 Å². The fourth-order valence-corrected chi connectivity index (χ4v) is 7.59. The van der Waals surface area contributed by atoms with Gasteiger partial charge in [-0.15, -0.1) is 0 Å². The van der Waals surface area contributed by atoms with Crippen LogP contribution in [0.4, 0.5) is 0 Å². The molecule has 320 valence electrons. The highest BCUT2D eigenvalue weighted by Crippen LogP contribution is 2.25. The molecule has 0 aliphatic heterocycles. The lowest BCUT2D eigenvalue weighted by Crippen LogP contribution is -2.12. The first-order chi connectivity index (χ1) is 27.9. The molecule has 0 radical (unpaired) electrons. The molecule has 9 heteroatoms. The van der Waals surface area contributed by atoms with Crippen LogP contribution in [-0.4, -0.2) is 46.8 Å². The zero-order valence-electron chi connectivity index (χ0n) is 35.4. The van der Waals surface area contributed by atoms with Gasteiger partial charge >= 0.3 is 11.9 Å². The first-order valence-corrected chi connectivity index (χ1v) is 23.7. The first-order valence-electron chi connectivity index (χ1n) is 22.2. The van der Waals surface area contributed by atoms with Gasteiger partial charge in [0.25, 0.3) is 0 Å². The van der Waals surface area contributed by atoms with Crippen LogP contribution in [0.2, 0.25) is 0 Å². The number of sulfone groups is 1. The molecule has 0 bridgehead atoms. The average Bonchev–Trinajstić information content (AvgIpc) is 3.22. The molecule has 0 aliphatic rings. The second-order valence-electron chi connectivity index (χ2n) is 14.8. The van der Waals surface area contributed by atoms with Gasteiger partial charge in [-0.25, -0.2) is 8.42 Å². The maximum Gasteiger partial charge on any atom is 0.305 e. The smallest absolute Gasteiger partial charge is 0.305 e. The maximum absolute atomic E-state index is 13.2. The van der Waals surface area contributed by atoms with Crippen molar-refractivity contribution in [3.63, 3.8) is 0 Å². The molecule has 0 atom stereocenters. The third-order valence-electron chi connectivity index (χ3n) is 9.75. The monoisotopic (exact) mass is 811 g/mol. The molecule has 0 aromatic heterocycles. The Hall–Kier alpha value is -3.59. The number of ether oxygens (including phenoxy) is 4. The lowest BCUT2D eigenvalue weighted by atomic mass is 10.1. The molecule has 0 fully saturated rings. The molecule has 0 saturated heterocycles. The quantitative estimate of drug-likeness (QED) is 0.0381. The summed E-state index contributed by atoms with van der Waals surface area (Å²) in [6.45, 7) is 5.06. The Bertz CT molecular complexity index is 1360. The molecule has 8 nitrogen and oxygen atoms in total. The van der Waals surface area contributed by atoms with Gasteiger partial charge < -0.3 is 18.9 Å². The Kier molecular flexibility index (Phi) is 29.0. The van der Waals surface area contributed by atoms with Crippen molar-refractivity contribution >= 4 is 21.8 Å². The summed E-state index contributed by atoms with van der Waals surface area (Å²) in [4.78, 5) is 24.4. The molecule has 2 rings (SSSR count). The van der Waals surface area contributed by atoms with Crippen molar-refractivity contribution < 1.29 is 37.0 Å². The summed E-state index contributed by atoms with van der Waals surface area (Å²) in [7, 11) is -3.75. The van der Waals surface area contributed by atoms with Crippen LogP contribution in [0.1, 0.15) is 168 Å². The number of esters is 2. The van der Waals surface area contributed by atoms with Crippen LogP contribution in [0.25, 0.3) is 0 Å². The van der Waals surface area contributed by atoms with Crippen molar-refractivity contribution in [1.82, 2.24) is 0 Å². The minimum Gasteiger partial charge on any atom is -0.490 e. The van der Waals surface area contributed by atoms with Crippen molar-refractivity contribution in [3.8, 4) is 11.5 Å². The number of rotatable bonds is 36. The van der Waals surface area contributed by atoms with Gasteiger partial charge in [-0.2, -0.15) is 0 Å². The maximum atomic E-state index is 13.2. The molecule has 57 heavy (non-hydrogen) atoms. The number of unbranched alkanes of at least 4 members (excludes halogenated alkanes) is 18. The van der Waals surface area contributed by atoms with Crippen molar-refractivity contribution in [3.05, 3.63) is 72.8 Å². The van der Waals surface area contributed by atoms with E-state index in [4.69, 9.17) is 18.9 Å². The summed E-state index contributed by atoms with van der Waals surface area (Å²) < 4.78 is 48.3. The molecular weight excluding hydrogens is 737 g/mol. The summed E-state index contributed by atoms with van der Waals surface area (Å²) in [6, 6.07) is 12.4. The van der Waals surface area contributed by atoms with Gasteiger partial charge in [0.1, 0.15) is 37.9 Å². The highest BCUT2D eigenvalue weighted by atomic mass is 32.2. The summed E-state index contributed by atoms with van der Waals surface area (Å²) in [5.41, 5.74) is 0. The van der Waals surface area contributed by atoms with Crippen molar-refractivity contribution in [2.45, 2.75) is 178 Å². The molecule has 0 saturated carbocycles. The highest BCUT2D eigenvalue weighted by Gasteiger charge is 2.18. The van der Waals surface area contributed by atoms with E-state index in [9.17, 15) is 18.0 Å². The van der Waals surface area contributed by atoms with E-state index in [2.05, 4.69) is 38.2 Å². The van der Waals surface area contributed by atoms with Gasteiger partial charge in [0.05, 0.1) is 9.79 Å². The Morgan fingerprint density at radius 1 is 0.439 bits per heavy atom. The van der Waals surface area contributed by atoms with Crippen LogP contribution in [0.15, 0.2) is 82.6 Å². The van der Waals surface area contributed by atoms with Crippen LogP contribution >= 0.6 is 0 Å². The zero-order valence-corrected chi connectivity index (χ0v) is 36.2. The number of carbonyl (C=O) groups is 2. The van der Waals surface area contributed by atoms with E-state index < -0.39 is 9.84 Å². The summed E-state index contributed by atoms with van der Waals surface area (Å²) in [5, 5.41) is 0. The number of benzene rings is 2. The van der Waals surface area contributed by atoms with Crippen LogP contribution in [0.3, 0.4) is 0 Å². The van der Waals surface area contributed by atoms with Crippen LogP contribution < -0.4 is 9.47 Å². The van der Waals surface area contributed by atoms with E-state index in [1.165, 1.54) is 127 Å². The Labute approximate surface area is 346 Å². The Morgan fingerprint density at radius 2 is 0.754 bits per heavy atom. The topological polar surface area (TPSA) is 105 Å².